The molecule has 0 bridgehead atoms. The van der Waals surface area contributed by atoms with Crippen LogP contribution in [0, 0.1) is 0 Å². The number of nitrogens with two attached hydrogens (primary N) is 1. The molecule has 1 rings (SSSR count). The molecule has 0 unspecified atom stereocenters. The summed E-state index contributed by atoms with van der Waals surface area (Å²) >= 11 is 0. The molecule has 0 spiro atoms. The summed E-state index contributed by atoms with van der Waals surface area (Å²) in [5, 5.41) is 0. The topological polar surface area (TPSA) is 57.4 Å². The molecule has 2 N–H and O–H groups in total. The van der Waals surface area contributed by atoms with E-state index in [0.29, 0.717) is 18.2 Å². The lowest BCUT2D eigenvalue weighted by Gasteiger charge is -2.26. The number of nitrogens with zero attached hydrogens (tertiary/aromatic N) is 1. The minimum absolute atomic E-state index is 0.289. The van der Waals surface area contributed by atoms with Gasteiger partial charge in [0.15, 0.2) is 5.75 Å². The van der Waals surface area contributed by atoms with E-state index in [2.05, 4.69) is 18.8 Å². The van der Waals surface area contributed by atoms with E-state index in [4.69, 9.17) is 15.2 Å². The summed E-state index contributed by atoms with van der Waals surface area (Å²) in [5.74, 6) is 1.14. The van der Waals surface area contributed by atoms with Crippen molar-refractivity contribution in [3.63, 3.8) is 0 Å². The molecule has 1 heterocycles. The molecule has 4 heteroatoms. The van der Waals surface area contributed by atoms with Crippen LogP contribution < -0.4 is 15.2 Å². The molecule has 0 aliphatic rings. The van der Waals surface area contributed by atoms with Crippen LogP contribution in [0.4, 0.5) is 0 Å². The van der Waals surface area contributed by atoms with Gasteiger partial charge in [0.1, 0.15) is 6.61 Å². The molecule has 0 fully saturated rings. The van der Waals surface area contributed by atoms with E-state index >= 15 is 0 Å². The molecular formula is C12H20N2O2. The van der Waals surface area contributed by atoms with Crippen molar-refractivity contribution in [2.45, 2.75) is 32.2 Å². The Morgan fingerprint density at radius 2 is 2.06 bits per heavy atom. The van der Waals surface area contributed by atoms with Crippen molar-refractivity contribution in [3.05, 3.63) is 18.3 Å². The first kappa shape index (κ1) is 12.8. The van der Waals surface area contributed by atoms with Crippen molar-refractivity contribution < 1.29 is 9.47 Å². The van der Waals surface area contributed by atoms with Crippen LogP contribution in [0.15, 0.2) is 18.3 Å². The molecule has 90 valence electrons. The van der Waals surface area contributed by atoms with Crippen LogP contribution in [-0.2, 0) is 0 Å². The lowest BCUT2D eigenvalue weighted by Crippen LogP contribution is -2.44. The SMILES string of the molecule is CCC(N)(CC)COc1ncccc1OC. The molecule has 0 saturated heterocycles. The van der Waals surface area contributed by atoms with Gasteiger partial charge in [-0.05, 0) is 25.0 Å². The second-order valence-corrected chi connectivity index (χ2v) is 3.87. The Morgan fingerprint density at radius 3 is 2.62 bits per heavy atom. The summed E-state index contributed by atoms with van der Waals surface area (Å²) in [6, 6.07) is 3.62. The maximum Gasteiger partial charge on any atom is 0.257 e. The first-order valence-electron chi connectivity index (χ1n) is 5.56. The molecule has 0 atom stereocenters. The van der Waals surface area contributed by atoms with E-state index in [1.807, 2.05) is 6.07 Å². The first-order valence-corrected chi connectivity index (χ1v) is 5.56. The highest BCUT2D eigenvalue weighted by molar-refractivity contribution is 5.32. The van der Waals surface area contributed by atoms with E-state index < -0.39 is 0 Å². The Labute approximate surface area is 96.8 Å². The smallest absolute Gasteiger partial charge is 0.257 e. The first-order chi connectivity index (χ1) is 7.65. The minimum atomic E-state index is -0.289. The molecule has 0 saturated carbocycles. The second kappa shape index (κ2) is 5.70. The molecule has 1 aromatic rings. The predicted octanol–water partition coefficient (Wildman–Crippen LogP) is 1.99. The molecule has 0 aliphatic heterocycles. The van der Waals surface area contributed by atoms with Gasteiger partial charge in [0.05, 0.1) is 7.11 Å². The standard InChI is InChI=1S/C12H20N2O2/c1-4-12(13,5-2)9-16-11-10(15-3)7-6-8-14-11/h6-8H,4-5,9,13H2,1-3H3. The number of methoxy groups -OCH3 is 1. The van der Waals surface area contributed by atoms with Gasteiger partial charge in [-0.1, -0.05) is 13.8 Å². The molecule has 0 aromatic carbocycles. The lowest BCUT2D eigenvalue weighted by molar-refractivity contribution is 0.193. The van der Waals surface area contributed by atoms with Crippen molar-refractivity contribution in [2.24, 2.45) is 5.73 Å². The fourth-order valence-corrected chi connectivity index (χ4v) is 1.31. The Bertz CT molecular complexity index is 325. The predicted molar refractivity (Wildman–Crippen MR) is 63.8 cm³/mol. The summed E-state index contributed by atoms with van der Waals surface area (Å²) in [4.78, 5) is 4.12. The number of rotatable bonds is 6. The van der Waals surface area contributed by atoms with Crippen molar-refractivity contribution in [3.8, 4) is 11.6 Å². The van der Waals surface area contributed by atoms with Crippen molar-refractivity contribution in [1.29, 1.82) is 0 Å². The fourth-order valence-electron chi connectivity index (χ4n) is 1.31. The van der Waals surface area contributed by atoms with Gasteiger partial charge in [-0.25, -0.2) is 4.98 Å². The normalized spacial score (nSPS) is 11.2. The van der Waals surface area contributed by atoms with Gasteiger partial charge in [0.2, 0.25) is 0 Å². The van der Waals surface area contributed by atoms with Crippen LogP contribution in [-0.4, -0.2) is 24.2 Å². The van der Waals surface area contributed by atoms with Gasteiger partial charge in [-0.2, -0.15) is 0 Å². The molecular weight excluding hydrogens is 204 g/mol. The van der Waals surface area contributed by atoms with Gasteiger partial charge in [-0.15, -0.1) is 0 Å². The van der Waals surface area contributed by atoms with Crippen LogP contribution in [0.25, 0.3) is 0 Å². The zero-order valence-corrected chi connectivity index (χ0v) is 10.2. The Balaban J connectivity index is 2.67. The second-order valence-electron chi connectivity index (χ2n) is 3.87. The quantitative estimate of drug-likeness (QED) is 0.802. The van der Waals surface area contributed by atoms with Crippen LogP contribution in [0.1, 0.15) is 26.7 Å². The van der Waals surface area contributed by atoms with E-state index in [1.54, 1.807) is 19.4 Å². The van der Waals surface area contributed by atoms with Crippen LogP contribution in [0.3, 0.4) is 0 Å². The van der Waals surface area contributed by atoms with E-state index in [1.165, 1.54) is 0 Å². The molecule has 0 aliphatic carbocycles. The van der Waals surface area contributed by atoms with Gasteiger partial charge >= 0.3 is 0 Å². The molecule has 16 heavy (non-hydrogen) atoms. The number of pyridine rings is 1. The summed E-state index contributed by atoms with van der Waals surface area (Å²) < 4.78 is 10.8. The molecule has 0 amide bonds. The highest BCUT2D eigenvalue weighted by Crippen LogP contribution is 2.24. The summed E-state index contributed by atoms with van der Waals surface area (Å²) in [6.07, 6.45) is 3.42. The monoisotopic (exact) mass is 224 g/mol. The number of hydrogen-bond donors (Lipinski definition) is 1. The fraction of sp³-hybridized carbons (Fsp3) is 0.583. The maximum absolute atomic E-state index is 6.14. The Kier molecular flexibility index (Phi) is 4.55. The van der Waals surface area contributed by atoms with Crippen LogP contribution in [0.2, 0.25) is 0 Å². The minimum Gasteiger partial charge on any atom is -0.491 e. The highest BCUT2D eigenvalue weighted by Gasteiger charge is 2.22. The highest BCUT2D eigenvalue weighted by atomic mass is 16.5. The summed E-state index contributed by atoms with van der Waals surface area (Å²) in [5.41, 5.74) is 5.85. The Hall–Kier alpha value is -1.29. The van der Waals surface area contributed by atoms with Crippen LogP contribution in [0.5, 0.6) is 11.6 Å². The van der Waals surface area contributed by atoms with Gasteiger partial charge in [-0.3, -0.25) is 0 Å². The zero-order valence-electron chi connectivity index (χ0n) is 10.2. The average molecular weight is 224 g/mol. The van der Waals surface area contributed by atoms with Gasteiger partial charge in [0.25, 0.3) is 5.88 Å². The third kappa shape index (κ3) is 3.10. The lowest BCUT2D eigenvalue weighted by atomic mass is 9.96. The zero-order chi connectivity index (χ0) is 12.0. The number of ether oxygens (including phenoxy) is 2. The van der Waals surface area contributed by atoms with Gasteiger partial charge < -0.3 is 15.2 Å². The number of aromatic nitrogens is 1. The maximum atomic E-state index is 6.14. The third-order valence-electron chi connectivity index (χ3n) is 2.86. The number of hydrogen-bond acceptors (Lipinski definition) is 4. The summed E-state index contributed by atoms with van der Waals surface area (Å²) in [7, 11) is 1.60. The Morgan fingerprint density at radius 1 is 1.38 bits per heavy atom. The molecule has 1 aromatic heterocycles. The average Bonchev–Trinajstić information content (AvgIpc) is 2.36. The van der Waals surface area contributed by atoms with E-state index in [-0.39, 0.29) is 5.54 Å². The summed E-state index contributed by atoms with van der Waals surface area (Å²) in [6.45, 7) is 4.57. The van der Waals surface area contributed by atoms with Crippen molar-refractivity contribution in [2.75, 3.05) is 13.7 Å². The third-order valence-corrected chi connectivity index (χ3v) is 2.86. The molecule has 0 radical (unpaired) electrons. The van der Waals surface area contributed by atoms with E-state index in [9.17, 15) is 0 Å². The van der Waals surface area contributed by atoms with E-state index in [0.717, 1.165) is 12.8 Å². The van der Waals surface area contributed by atoms with Crippen molar-refractivity contribution in [1.82, 2.24) is 4.98 Å². The largest absolute Gasteiger partial charge is 0.491 e. The van der Waals surface area contributed by atoms with Gasteiger partial charge in [0, 0.05) is 11.7 Å². The van der Waals surface area contributed by atoms with Crippen molar-refractivity contribution >= 4 is 0 Å². The molecule has 4 nitrogen and oxygen atoms in total. The van der Waals surface area contributed by atoms with Crippen LogP contribution >= 0.6 is 0 Å².